The van der Waals surface area contributed by atoms with Crippen molar-refractivity contribution in [1.82, 2.24) is 9.80 Å². The molecular formula is C24H27ClN2O5. The summed E-state index contributed by atoms with van der Waals surface area (Å²) in [6, 6.07) is 11.7. The molecule has 170 valence electrons. The molecule has 1 aliphatic heterocycles. The van der Waals surface area contributed by atoms with Crippen molar-refractivity contribution in [3.8, 4) is 5.75 Å². The first-order valence-corrected chi connectivity index (χ1v) is 10.7. The molecule has 1 amide bonds. The highest BCUT2D eigenvalue weighted by molar-refractivity contribution is 6.30. The van der Waals surface area contributed by atoms with E-state index in [2.05, 4.69) is 0 Å². The van der Waals surface area contributed by atoms with E-state index in [0.717, 1.165) is 5.56 Å². The zero-order chi connectivity index (χ0) is 23.3. The summed E-state index contributed by atoms with van der Waals surface area (Å²) in [5.74, 6) is 0.115. The molecule has 1 fully saturated rings. The Labute approximate surface area is 192 Å². The molecule has 0 bridgehead atoms. The van der Waals surface area contributed by atoms with Crippen molar-refractivity contribution in [3.63, 3.8) is 0 Å². The predicted octanol–water partition coefficient (Wildman–Crippen LogP) is 3.15. The average molecular weight is 459 g/mol. The second kappa shape index (κ2) is 10.6. The van der Waals surface area contributed by atoms with Crippen molar-refractivity contribution < 1.29 is 23.9 Å². The number of methoxy groups -OCH3 is 2. The van der Waals surface area contributed by atoms with Gasteiger partial charge in [-0.05, 0) is 42.8 Å². The molecule has 1 saturated heterocycles. The van der Waals surface area contributed by atoms with E-state index in [4.69, 9.17) is 21.1 Å². The van der Waals surface area contributed by atoms with Crippen molar-refractivity contribution in [1.29, 1.82) is 0 Å². The highest BCUT2D eigenvalue weighted by Crippen LogP contribution is 2.26. The molecule has 0 saturated carbocycles. The lowest BCUT2D eigenvalue weighted by atomic mass is 10.0. The highest BCUT2D eigenvalue weighted by atomic mass is 35.5. The molecular weight excluding hydrogens is 432 g/mol. The second-order valence-electron chi connectivity index (χ2n) is 7.65. The van der Waals surface area contributed by atoms with E-state index >= 15 is 0 Å². The third-order valence-electron chi connectivity index (χ3n) is 5.67. The Morgan fingerprint density at radius 2 is 1.66 bits per heavy atom. The summed E-state index contributed by atoms with van der Waals surface area (Å²) >= 11 is 5.98. The van der Waals surface area contributed by atoms with Crippen molar-refractivity contribution in [2.75, 3.05) is 40.4 Å². The number of rotatable bonds is 7. The lowest BCUT2D eigenvalue weighted by Gasteiger charge is -2.38. The zero-order valence-corrected chi connectivity index (χ0v) is 19.2. The van der Waals surface area contributed by atoms with Crippen LogP contribution in [0.1, 0.15) is 34.5 Å². The number of esters is 1. The Kier molecular flexibility index (Phi) is 7.88. The molecule has 0 spiro atoms. The van der Waals surface area contributed by atoms with Crippen LogP contribution in [-0.4, -0.2) is 67.9 Å². The molecule has 32 heavy (non-hydrogen) atoms. The van der Waals surface area contributed by atoms with Crippen LogP contribution in [-0.2, 0) is 20.7 Å². The maximum absolute atomic E-state index is 13.0. The lowest BCUT2D eigenvalue weighted by Crippen LogP contribution is -2.51. The van der Waals surface area contributed by atoms with Crippen LogP contribution in [0.3, 0.4) is 0 Å². The van der Waals surface area contributed by atoms with Gasteiger partial charge < -0.3 is 14.4 Å². The fraction of sp³-hybridized carbons (Fsp3) is 0.375. The summed E-state index contributed by atoms with van der Waals surface area (Å²) in [5.41, 5.74) is 2.02. The van der Waals surface area contributed by atoms with E-state index in [1.165, 1.54) is 14.0 Å². The minimum atomic E-state index is -0.554. The Hall–Kier alpha value is -2.90. The van der Waals surface area contributed by atoms with Crippen molar-refractivity contribution in [2.45, 2.75) is 19.4 Å². The van der Waals surface area contributed by atoms with Crippen LogP contribution in [0.2, 0.25) is 5.02 Å². The van der Waals surface area contributed by atoms with E-state index in [0.29, 0.717) is 48.1 Å². The van der Waals surface area contributed by atoms with Gasteiger partial charge >= 0.3 is 5.97 Å². The van der Waals surface area contributed by atoms with Gasteiger partial charge in [-0.25, -0.2) is 4.79 Å². The van der Waals surface area contributed by atoms with Gasteiger partial charge in [0, 0.05) is 42.3 Å². The van der Waals surface area contributed by atoms with Crippen LogP contribution >= 0.6 is 11.6 Å². The number of ketones is 1. The van der Waals surface area contributed by atoms with Gasteiger partial charge in [0.05, 0.1) is 20.6 Å². The maximum atomic E-state index is 13.0. The number of benzene rings is 2. The predicted molar refractivity (Wildman–Crippen MR) is 121 cm³/mol. The first kappa shape index (κ1) is 23.8. The topological polar surface area (TPSA) is 76.2 Å². The molecule has 0 N–H and O–H groups in total. The van der Waals surface area contributed by atoms with E-state index in [1.807, 2.05) is 17.0 Å². The van der Waals surface area contributed by atoms with Crippen LogP contribution in [0.5, 0.6) is 5.75 Å². The monoisotopic (exact) mass is 458 g/mol. The van der Waals surface area contributed by atoms with E-state index in [-0.39, 0.29) is 24.1 Å². The quantitative estimate of drug-likeness (QED) is 0.468. The summed E-state index contributed by atoms with van der Waals surface area (Å²) < 4.78 is 10.4. The molecule has 2 aromatic carbocycles. The van der Waals surface area contributed by atoms with Gasteiger partial charge in [0.1, 0.15) is 11.8 Å². The Morgan fingerprint density at radius 3 is 2.22 bits per heavy atom. The fourth-order valence-corrected chi connectivity index (χ4v) is 4.02. The van der Waals surface area contributed by atoms with Crippen LogP contribution < -0.4 is 4.74 Å². The SMILES string of the molecule is COC(=O)C(c1ccc(Cl)cc1)N1CCN(C(=O)Cc2cc(C(C)=O)ccc2OC)CC1. The van der Waals surface area contributed by atoms with Crippen LogP contribution in [0.4, 0.5) is 0 Å². The number of piperazine rings is 1. The summed E-state index contributed by atoms with van der Waals surface area (Å²) in [7, 11) is 2.91. The number of amides is 1. The van der Waals surface area contributed by atoms with Gasteiger partial charge in [-0.1, -0.05) is 23.7 Å². The van der Waals surface area contributed by atoms with Crippen molar-refractivity contribution >= 4 is 29.3 Å². The molecule has 2 aromatic rings. The molecule has 3 rings (SSSR count). The summed E-state index contributed by atoms with van der Waals surface area (Å²) in [4.78, 5) is 40.9. The number of nitrogens with zero attached hydrogens (tertiary/aromatic N) is 2. The zero-order valence-electron chi connectivity index (χ0n) is 18.5. The molecule has 0 radical (unpaired) electrons. The fourth-order valence-electron chi connectivity index (χ4n) is 3.89. The summed E-state index contributed by atoms with van der Waals surface area (Å²) in [6.45, 7) is 3.51. The van der Waals surface area contributed by atoms with Gasteiger partial charge in [0.2, 0.25) is 5.91 Å². The van der Waals surface area contributed by atoms with Crippen LogP contribution in [0.25, 0.3) is 0 Å². The number of hydrogen-bond donors (Lipinski definition) is 0. The van der Waals surface area contributed by atoms with Crippen molar-refractivity contribution in [3.05, 3.63) is 64.2 Å². The van der Waals surface area contributed by atoms with Crippen LogP contribution in [0.15, 0.2) is 42.5 Å². The van der Waals surface area contributed by atoms with Crippen molar-refractivity contribution in [2.24, 2.45) is 0 Å². The smallest absolute Gasteiger partial charge is 0.327 e. The normalized spacial score (nSPS) is 15.2. The van der Waals surface area contributed by atoms with E-state index < -0.39 is 6.04 Å². The first-order valence-electron chi connectivity index (χ1n) is 10.4. The second-order valence-corrected chi connectivity index (χ2v) is 8.09. The first-order chi connectivity index (χ1) is 15.3. The number of carbonyl (C=O) groups is 3. The van der Waals surface area contributed by atoms with Gasteiger partial charge in [0.25, 0.3) is 0 Å². The molecule has 1 unspecified atom stereocenters. The minimum Gasteiger partial charge on any atom is -0.496 e. The largest absolute Gasteiger partial charge is 0.496 e. The van der Waals surface area contributed by atoms with Gasteiger partial charge in [-0.2, -0.15) is 0 Å². The van der Waals surface area contributed by atoms with E-state index in [9.17, 15) is 14.4 Å². The standard InChI is InChI=1S/C24H27ClN2O5/c1-16(28)18-6-9-21(31-2)19(14-18)15-22(29)26-10-12-27(13-11-26)23(24(30)32-3)17-4-7-20(25)8-5-17/h4-9,14,23H,10-13,15H2,1-3H3. The maximum Gasteiger partial charge on any atom is 0.327 e. The molecule has 0 aromatic heterocycles. The average Bonchev–Trinajstić information content (AvgIpc) is 2.80. The summed E-state index contributed by atoms with van der Waals surface area (Å²) in [6.07, 6.45) is 0.141. The lowest BCUT2D eigenvalue weighted by molar-refractivity contribution is -0.148. The van der Waals surface area contributed by atoms with Gasteiger partial charge in [-0.3, -0.25) is 14.5 Å². The minimum absolute atomic E-state index is 0.0511. The number of carbonyl (C=O) groups excluding carboxylic acids is 3. The van der Waals surface area contributed by atoms with Crippen LogP contribution in [0, 0.1) is 0 Å². The van der Waals surface area contributed by atoms with Gasteiger partial charge in [0.15, 0.2) is 5.78 Å². The third kappa shape index (κ3) is 5.47. The van der Waals surface area contributed by atoms with Gasteiger partial charge in [-0.15, -0.1) is 0 Å². The number of Topliss-reactive ketones (excluding diaryl/α,β-unsaturated/α-hetero) is 1. The molecule has 0 aliphatic carbocycles. The Balaban J connectivity index is 1.68. The Morgan fingerprint density at radius 1 is 1.00 bits per heavy atom. The molecule has 7 nitrogen and oxygen atoms in total. The number of ether oxygens (including phenoxy) is 2. The molecule has 1 heterocycles. The van der Waals surface area contributed by atoms with E-state index in [1.54, 1.807) is 42.3 Å². The highest BCUT2D eigenvalue weighted by Gasteiger charge is 2.32. The summed E-state index contributed by atoms with van der Waals surface area (Å²) in [5, 5.41) is 0.594. The molecule has 8 heteroatoms. The number of halogens is 1. The molecule has 1 aliphatic rings. The number of hydrogen-bond acceptors (Lipinski definition) is 6. The third-order valence-corrected chi connectivity index (χ3v) is 5.92. The Bertz CT molecular complexity index is 984. The molecule has 1 atom stereocenters.